The second-order valence-electron chi connectivity index (χ2n) is 5.45. The summed E-state index contributed by atoms with van der Waals surface area (Å²) in [6.45, 7) is 1.84. The number of amides is 1. The average molecular weight is 276 g/mol. The van der Waals surface area contributed by atoms with E-state index in [1.165, 1.54) is 6.26 Å². The molecule has 3 N–H and O–H groups in total. The van der Waals surface area contributed by atoms with Gasteiger partial charge in [0, 0.05) is 24.3 Å². The van der Waals surface area contributed by atoms with Gasteiger partial charge in [0.15, 0.2) is 0 Å². The van der Waals surface area contributed by atoms with Gasteiger partial charge in [-0.3, -0.25) is 4.79 Å². The molecule has 5 nitrogen and oxygen atoms in total. The fourth-order valence-electron chi connectivity index (χ4n) is 2.29. The number of nitrogens with two attached hydrogens (primary N) is 1. The first-order chi connectivity index (χ1) is 8.28. The van der Waals surface area contributed by atoms with Gasteiger partial charge in [0.05, 0.1) is 5.75 Å². The van der Waals surface area contributed by atoms with Crippen molar-refractivity contribution < 1.29 is 13.2 Å². The van der Waals surface area contributed by atoms with Crippen LogP contribution in [0.3, 0.4) is 0 Å². The predicted molar refractivity (Wildman–Crippen MR) is 71.9 cm³/mol. The van der Waals surface area contributed by atoms with E-state index in [1.807, 2.05) is 6.92 Å². The highest BCUT2D eigenvalue weighted by atomic mass is 32.2. The summed E-state index contributed by atoms with van der Waals surface area (Å²) in [6, 6.07) is 0.0196. The predicted octanol–water partition coefficient (Wildman–Crippen LogP) is 0.443. The standard InChI is InChI=1S/C12H24N2O3S/c1-9(6-7-18(2,16)17)14-12(15)10-4-3-5-11(13)8-10/h9-11H,3-8,13H2,1-2H3,(H,14,15). The lowest BCUT2D eigenvalue weighted by Gasteiger charge is -2.27. The summed E-state index contributed by atoms with van der Waals surface area (Å²) >= 11 is 0. The Labute approximate surface area is 109 Å². The van der Waals surface area contributed by atoms with E-state index in [0.717, 1.165) is 25.7 Å². The van der Waals surface area contributed by atoms with Crippen molar-refractivity contribution in [1.29, 1.82) is 0 Å². The van der Waals surface area contributed by atoms with Gasteiger partial charge in [-0.2, -0.15) is 0 Å². The Morgan fingerprint density at radius 3 is 2.67 bits per heavy atom. The molecule has 0 aromatic rings. The van der Waals surface area contributed by atoms with Gasteiger partial charge < -0.3 is 11.1 Å². The van der Waals surface area contributed by atoms with Crippen LogP contribution in [0.5, 0.6) is 0 Å². The summed E-state index contributed by atoms with van der Waals surface area (Å²) in [5, 5.41) is 2.88. The van der Waals surface area contributed by atoms with Crippen molar-refractivity contribution in [2.24, 2.45) is 11.7 Å². The van der Waals surface area contributed by atoms with E-state index >= 15 is 0 Å². The Kier molecular flexibility index (Phi) is 5.59. The van der Waals surface area contributed by atoms with Gasteiger partial charge in [-0.25, -0.2) is 8.42 Å². The molecule has 0 radical (unpaired) electrons. The molecule has 1 saturated carbocycles. The lowest BCUT2D eigenvalue weighted by molar-refractivity contribution is -0.126. The first kappa shape index (κ1) is 15.4. The van der Waals surface area contributed by atoms with Crippen molar-refractivity contribution in [3.8, 4) is 0 Å². The summed E-state index contributed by atoms with van der Waals surface area (Å²) in [5.74, 6) is 0.124. The van der Waals surface area contributed by atoms with Crippen molar-refractivity contribution in [3.05, 3.63) is 0 Å². The smallest absolute Gasteiger partial charge is 0.223 e. The summed E-state index contributed by atoms with van der Waals surface area (Å²) in [7, 11) is -2.96. The molecule has 1 aliphatic carbocycles. The zero-order valence-electron chi connectivity index (χ0n) is 11.2. The van der Waals surface area contributed by atoms with Crippen molar-refractivity contribution >= 4 is 15.7 Å². The normalized spacial score (nSPS) is 26.6. The highest BCUT2D eigenvalue weighted by Crippen LogP contribution is 2.23. The molecule has 106 valence electrons. The molecule has 0 bridgehead atoms. The van der Waals surface area contributed by atoms with Gasteiger partial charge in [-0.15, -0.1) is 0 Å². The monoisotopic (exact) mass is 276 g/mol. The molecule has 1 aliphatic rings. The van der Waals surface area contributed by atoms with Crippen LogP contribution in [0.4, 0.5) is 0 Å². The minimum atomic E-state index is -2.96. The maximum absolute atomic E-state index is 12.0. The van der Waals surface area contributed by atoms with E-state index in [1.54, 1.807) is 0 Å². The molecule has 3 unspecified atom stereocenters. The third-order valence-electron chi connectivity index (χ3n) is 3.40. The van der Waals surface area contributed by atoms with Crippen molar-refractivity contribution in [1.82, 2.24) is 5.32 Å². The Morgan fingerprint density at radius 1 is 1.44 bits per heavy atom. The fourth-order valence-corrected chi connectivity index (χ4v) is 3.07. The van der Waals surface area contributed by atoms with E-state index in [0.29, 0.717) is 6.42 Å². The second kappa shape index (κ2) is 6.52. The summed E-state index contributed by atoms with van der Waals surface area (Å²) in [4.78, 5) is 12.0. The van der Waals surface area contributed by atoms with E-state index in [9.17, 15) is 13.2 Å². The van der Waals surface area contributed by atoms with Crippen LogP contribution in [0.2, 0.25) is 0 Å². The molecule has 0 aliphatic heterocycles. The molecule has 0 aromatic carbocycles. The molecule has 0 heterocycles. The maximum atomic E-state index is 12.0. The highest BCUT2D eigenvalue weighted by molar-refractivity contribution is 7.90. The minimum Gasteiger partial charge on any atom is -0.353 e. The number of carbonyl (C=O) groups excluding carboxylic acids is 1. The van der Waals surface area contributed by atoms with Crippen molar-refractivity contribution in [2.75, 3.05) is 12.0 Å². The SMILES string of the molecule is CC(CCS(C)(=O)=O)NC(=O)C1CCCC(N)C1. The van der Waals surface area contributed by atoms with Gasteiger partial charge in [0.2, 0.25) is 5.91 Å². The van der Waals surface area contributed by atoms with Crippen LogP contribution >= 0.6 is 0 Å². The molecule has 6 heteroatoms. The van der Waals surface area contributed by atoms with Gasteiger partial charge in [0.1, 0.15) is 9.84 Å². The van der Waals surface area contributed by atoms with Crippen molar-refractivity contribution in [3.63, 3.8) is 0 Å². The average Bonchev–Trinajstić information content (AvgIpc) is 2.25. The zero-order chi connectivity index (χ0) is 13.8. The van der Waals surface area contributed by atoms with Gasteiger partial charge >= 0.3 is 0 Å². The van der Waals surface area contributed by atoms with E-state index in [4.69, 9.17) is 5.73 Å². The molecule has 1 fully saturated rings. The number of nitrogens with one attached hydrogen (secondary N) is 1. The van der Waals surface area contributed by atoms with Crippen LogP contribution in [0.25, 0.3) is 0 Å². The maximum Gasteiger partial charge on any atom is 0.223 e. The van der Waals surface area contributed by atoms with Gasteiger partial charge in [-0.1, -0.05) is 6.42 Å². The Hall–Kier alpha value is -0.620. The van der Waals surface area contributed by atoms with Crippen LogP contribution in [0.15, 0.2) is 0 Å². The Morgan fingerprint density at radius 2 is 2.11 bits per heavy atom. The molecule has 0 spiro atoms. The molecule has 0 aromatic heterocycles. The number of hydrogen-bond donors (Lipinski definition) is 2. The van der Waals surface area contributed by atoms with E-state index in [2.05, 4.69) is 5.32 Å². The Bertz CT molecular complexity index is 381. The van der Waals surface area contributed by atoms with E-state index in [-0.39, 0.29) is 29.7 Å². The van der Waals surface area contributed by atoms with Crippen LogP contribution in [0.1, 0.15) is 39.0 Å². The van der Waals surface area contributed by atoms with Crippen LogP contribution in [-0.2, 0) is 14.6 Å². The lowest BCUT2D eigenvalue weighted by Crippen LogP contribution is -2.41. The quantitative estimate of drug-likeness (QED) is 0.762. The first-order valence-corrected chi connectivity index (χ1v) is 8.57. The molecular formula is C12H24N2O3S. The molecule has 1 rings (SSSR count). The Balaban J connectivity index is 2.34. The molecule has 18 heavy (non-hydrogen) atoms. The third kappa shape index (κ3) is 5.82. The minimum absolute atomic E-state index is 0.00515. The fraction of sp³-hybridized carbons (Fsp3) is 0.917. The van der Waals surface area contributed by atoms with Crippen molar-refractivity contribution in [2.45, 2.75) is 51.1 Å². The highest BCUT2D eigenvalue weighted by Gasteiger charge is 2.26. The number of rotatable bonds is 5. The lowest BCUT2D eigenvalue weighted by atomic mass is 9.85. The van der Waals surface area contributed by atoms with Crippen LogP contribution in [-0.4, -0.2) is 38.4 Å². The molecule has 1 amide bonds. The zero-order valence-corrected chi connectivity index (χ0v) is 12.0. The number of sulfone groups is 1. The van der Waals surface area contributed by atoms with Crippen LogP contribution in [0, 0.1) is 5.92 Å². The summed E-state index contributed by atoms with van der Waals surface area (Å²) < 4.78 is 22.1. The summed E-state index contributed by atoms with van der Waals surface area (Å²) in [5.41, 5.74) is 5.85. The van der Waals surface area contributed by atoms with E-state index < -0.39 is 9.84 Å². The first-order valence-electron chi connectivity index (χ1n) is 6.51. The van der Waals surface area contributed by atoms with Crippen LogP contribution < -0.4 is 11.1 Å². The number of carbonyl (C=O) groups is 1. The molecule has 3 atom stereocenters. The molecule has 0 saturated heterocycles. The molecular weight excluding hydrogens is 252 g/mol. The summed E-state index contributed by atoms with van der Waals surface area (Å²) in [6.07, 6.45) is 5.29. The third-order valence-corrected chi connectivity index (χ3v) is 4.37. The topological polar surface area (TPSA) is 89.3 Å². The largest absolute Gasteiger partial charge is 0.353 e. The van der Waals surface area contributed by atoms with Gasteiger partial charge in [-0.05, 0) is 32.6 Å². The number of hydrogen-bond acceptors (Lipinski definition) is 4. The van der Waals surface area contributed by atoms with Gasteiger partial charge in [0.25, 0.3) is 0 Å². The second-order valence-corrected chi connectivity index (χ2v) is 7.71.